The number of ether oxygens (including phenoxy) is 1. The van der Waals surface area contributed by atoms with E-state index in [0.717, 1.165) is 25.9 Å². The van der Waals surface area contributed by atoms with Crippen molar-refractivity contribution in [1.29, 1.82) is 0 Å². The second kappa shape index (κ2) is 8.19. The van der Waals surface area contributed by atoms with Gasteiger partial charge in [0.05, 0.1) is 5.56 Å². The van der Waals surface area contributed by atoms with Gasteiger partial charge in [0.1, 0.15) is 0 Å². The average Bonchev–Trinajstić information content (AvgIpc) is 2.46. The standard InChI is InChI=1S/C13H16F3N3O2.ClH/c14-13(15,16)8-21-11-2-1-9(7-18-11)12(20)19-10-3-5-17-6-4-10;/h1-2,7,10,17H,3-6,8H2,(H,19,20);1H. The monoisotopic (exact) mass is 339 g/mol. The molecule has 0 aromatic carbocycles. The van der Waals surface area contributed by atoms with Crippen molar-refractivity contribution in [2.24, 2.45) is 0 Å². The topological polar surface area (TPSA) is 63.2 Å². The van der Waals surface area contributed by atoms with Crippen LogP contribution in [0.3, 0.4) is 0 Å². The fourth-order valence-corrected chi connectivity index (χ4v) is 1.99. The largest absolute Gasteiger partial charge is 0.468 e. The van der Waals surface area contributed by atoms with Gasteiger partial charge in [-0.2, -0.15) is 13.2 Å². The summed E-state index contributed by atoms with van der Waals surface area (Å²) in [7, 11) is 0. The molecule has 1 aromatic rings. The van der Waals surface area contributed by atoms with E-state index in [1.54, 1.807) is 0 Å². The Morgan fingerprint density at radius 3 is 2.59 bits per heavy atom. The van der Waals surface area contributed by atoms with Crippen LogP contribution < -0.4 is 15.4 Å². The summed E-state index contributed by atoms with van der Waals surface area (Å²) in [4.78, 5) is 15.6. The molecule has 0 spiro atoms. The van der Waals surface area contributed by atoms with Crippen molar-refractivity contribution in [1.82, 2.24) is 15.6 Å². The molecule has 0 radical (unpaired) electrons. The molecular formula is C13H17ClF3N3O2. The lowest BCUT2D eigenvalue weighted by molar-refractivity contribution is -0.154. The Hall–Kier alpha value is -1.54. The number of nitrogens with zero attached hydrogens (tertiary/aromatic N) is 1. The molecule has 2 rings (SSSR count). The number of aromatic nitrogens is 1. The number of carbonyl (C=O) groups excluding carboxylic acids is 1. The number of rotatable bonds is 4. The third-order valence-electron chi connectivity index (χ3n) is 3.06. The smallest absolute Gasteiger partial charge is 0.422 e. The Morgan fingerprint density at radius 1 is 1.36 bits per heavy atom. The highest BCUT2D eigenvalue weighted by Crippen LogP contribution is 2.17. The molecule has 1 amide bonds. The number of amides is 1. The van der Waals surface area contributed by atoms with Gasteiger partial charge in [-0.25, -0.2) is 4.98 Å². The van der Waals surface area contributed by atoms with E-state index in [9.17, 15) is 18.0 Å². The van der Waals surface area contributed by atoms with E-state index >= 15 is 0 Å². The van der Waals surface area contributed by atoms with Crippen LogP contribution in [0.1, 0.15) is 23.2 Å². The Bertz CT molecular complexity index is 476. The zero-order valence-corrected chi connectivity index (χ0v) is 12.5. The van der Waals surface area contributed by atoms with Gasteiger partial charge < -0.3 is 15.4 Å². The molecular weight excluding hydrogens is 323 g/mol. The zero-order chi connectivity index (χ0) is 15.3. The van der Waals surface area contributed by atoms with E-state index in [1.807, 2.05) is 0 Å². The highest BCUT2D eigenvalue weighted by molar-refractivity contribution is 5.94. The van der Waals surface area contributed by atoms with E-state index in [1.165, 1.54) is 18.3 Å². The Morgan fingerprint density at radius 2 is 2.05 bits per heavy atom. The quantitative estimate of drug-likeness (QED) is 0.880. The fourth-order valence-electron chi connectivity index (χ4n) is 1.99. The lowest BCUT2D eigenvalue weighted by Gasteiger charge is -2.23. The summed E-state index contributed by atoms with van der Waals surface area (Å²) in [6.07, 6.45) is -1.49. The van der Waals surface area contributed by atoms with Crippen LogP contribution in [0.2, 0.25) is 0 Å². The van der Waals surface area contributed by atoms with Crippen molar-refractivity contribution in [3.63, 3.8) is 0 Å². The predicted molar refractivity (Wildman–Crippen MR) is 76.4 cm³/mol. The lowest BCUT2D eigenvalue weighted by Crippen LogP contribution is -2.42. The van der Waals surface area contributed by atoms with Crippen LogP contribution in [-0.4, -0.2) is 42.8 Å². The molecule has 124 valence electrons. The zero-order valence-electron chi connectivity index (χ0n) is 11.7. The summed E-state index contributed by atoms with van der Waals surface area (Å²) in [6.45, 7) is 0.307. The van der Waals surface area contributed by atoms with Crippen LogP contribution in [0, 0.1) is 0 Å². The first-order valence-electron chi connectivity index (χ1n) is 6.61. The van der Waals surface area contributed by atoms with Crippen molar-refractivity contribution < 1.29 is 22.7 Å². The molecule has 2 N–H and O–H groups in total. The normalized spacial score (nSPS) is 15.8. The van der Waals surface area contributed by atoms with Gasteiger partial charge in [0.25, 0.3) is 5.91 Å². The minimum Gasteiger partial charge on any atom is -0.468 e. The third-order valence-corrected chi connectivity index (χ3v) is 3.06. The SMILES string of the molecule is Cl.O=C(NC1CCNCC1)c1ccc(OCC(F)(F)F)nc1. The van der Waals surface area contributed by atoms with Gasteiger partial charge in [-0.3, -0.25) is 4.79 Å². The van der Waals surface area contributed by atoms with Crippen molar-refractivity contribution in [3.05, 3.63) is 23.9 Å². The molecule has 2 heterocycles. The van der Waals surface area contributed by atoms with Gasteiger partial charge in [-0.05, 0) is 32.0 Å². The molecule has 1 aliphatic heterocycles. The van der Waals surface area contributed by atoms with E-state index in [-0.39, 0.29) is 30.2 Å². The Kier molecular flexibility index (Phi) is 6.89. The molecule has 1 aromatic heterocycles. The number of alkyl halides is 3. The number of halogens is 4. The van der Waals surface area contributed by atoms with Crippen molar-refractivity contribution in [2.75, 3.05) is 19.7 Å². The summed E-state index contributed by atoms with van der Waals surface area (Å²) in [5.41, 5.74) is 0.299. The maximum atomic E-state index is 12.0. The molecule has 9 heteroatoms. The van der Waals surface area contributed by atoms with E-state index in [2.05, 4.69) is 20.4 Å². The first-order chi connectivity index (χ1) is 9.94. The minimum absolute atomic E-state index is 0. The van der Waals surface area contributed by atoms with E-state index in [4.69, 9.17) is 0 Å². The molecule has 0 saturated carbocycles. The number of piperidine rings is 1. The Labute approximate surface area is 132 Å². The minimum atomic E-state index is -4.41. The van der Waals surface area contributed by atoms with Gasteiger partial charge in [-0.15, -0.1) is 12.4 Å². The number of pyridine rings is 1. The molecule has 0 unspecified atom stereocenters. The summed E-state index contributed by atoms with van der Waals surface area (Å²) in [6, 6.07) is 2.76. The molecule has 0 atom stereocenters. The summed E-state index contributed by atoms with van der Waals surface area (Å²) in [5, 5.41) is 6.06. The number of carbonyl (C=O) groups is 1. The van der Waals surface area contributed by atoms with Crippen LogP contribution in [-0.2, 0) is 0 Å². The number of hydrogen-bond donors (Lipinski definition) is 2. The maximum absolute atomic E-state index is 12.0. The summed E-state index contributed by atoms with van der Waals surface area (Å²) >= 11 is 0. The van der Waals surface area contributed by atoms with Gasteiger partial charge in [-0.1, -0.05) is 0 Å². The van der Waals surface area contributed by atoms with Crippen LogP contribution in [0.25, 0.3) is 0 Å². The third kappa shape index (κ3) is 6.07. The van der Waals surface area contributed by atoms with Gasteiger partial charge in [0, 0.05) is 18.3 Å². The van der Waals surface area contributed by atoms with Crippen LogP contribution >= 0.6 is 12.4 Å². The molecule has 1 saturated heterocycles. The summed E-state index contributed by atoms with van der Waals surface area (Å²) in [5.74, 6) is -0.442. The summed E-state index contributed by atoms with van der Waals surface area (Å²) < 4.78 is 40.4. The number of hydrogen-bond acceptors (Lipinski definition) is 4. The molecule has 22 heavy (non-hydrogen) atoms. The van der Waals surface area contributed by atoms with E-state index < -0.39 is 12.8 Å². The molecule has 1 fully saturated rings. The van der Waals surface area contributed by atoms with E-state index in [0.29, 0.717) is 5.56 Å². The second-order valence-corrected chi connectivity index (χ2v) is 4.79. The first-order valence-corrected chi connectivity index (χ1v) is 6.61. The van der Waals surface area contributed by atoms with Crippen molar-refractivity contribution in [3.8, 4) is 5.88 Å². The predicted octanol–water partition coefficient (Wildman–Crippen LogP) is 1.93. The van der Waals surface area contributed by atoms with Gasteiger partial charge in [0.2, 0.25) is 5.88 Å². The number of nitrogens with one attached hydrogen (secondary N) is 2. The van der Waals surface area contributed by atoms with Crippen LogP contribution in [0.15, 0.2) is 18.3 Å². The fraction of sp³-hybridized carbons (Fsp3) is 0.538. The second-order valence-electron chi connectivity index (χ2n) is 4.79. The van der Waals surface area contributed by atoms with Gasteiger partial charge in [0.15, 0.2) is 6.61 Å². The molecule has 5 nitrogen and oxygen atoms in total. The lowest BCUT2D eigenvalue weighted by atomic mass is 10.1. The van der Waals surface area contributed by atoms with Crippen molar-refractivity contribution >= 4 is 18.3 Å². The van der Waals surface area contributed by atoms with Crippen LogP contribution in [0.5, 0.6) is 5.88 Å². The maximum Gasteiger partial charge on any atom is 0.422 e. The van der Waals surface area contributed by atoms with Gasteiger partial charge >= 0.3 is 6.18 Å². The molecule has 0 bridgehead atoms. The molecule has 1 aliphatic rings. The average molecular weight is 340 g/mol. The first kappa shape index (κ1) is 18.5. The molecule has 0 aliphatic carbocycles. The highest BCUT2D eigenvalue weighted by Gasteiger charge is 2.28. The highest BCUT2D eigenvalue weighted by atomic mass is 35.5. The Balaban J connectivity index is 0.00000242. The van der Waals surface area contributed by atoms with Crippen LogP contribution in [0.4, 0.5) is 13.2 Å². The van der Waals surface area contributed by atoms with Crippen molar-refractivity contribution in [2.45, 2.75) is 25.1 Å².